The molecule has 1 aliphatic heterocycles. The zero-order chi connectivity index (χ0) is 18.0. The molecule has 6 nitrogen and oxygen atoms in total. The maximum Gasteiger partial charge on any atom is 0.335 e. The second kappa shape index (κ2) is 6.78. The summed E-state index contributed by atoms with van der Waals surface area (Å²) in [6, 6.07) is 12.4. The van der Waals surface area contributed by atoms with E-state index in [1.54, 1.807) is 42.5 Å². The van der Waals surface area contributed by atoms with Gasteiger partial charge in [-0.3, -0.25) is 14.9 Å². The highest BCUT2D eigenvalue weighted by Gasteiger charge is 2.37. The fourth-order valence-electron chi connectivity index (χ4n) is 2.41. The predicted octanol–water partition coefficient (Wildman–Crippen LogP) is 3.02. The normalized spacial score (nSPS) is 16.2. The molecule has 1 saturated heterocycles. The fourth-order valence-corrected chi connectivity index (χ4v) is 2.63. The van der Waals surface area contributed by atoms with Gasteiger partial charge in [0.2, 0.25) is 0 Å². The number of benzene rings is 2. The number of methoxy groups -OCH3 is 1. The SMILES string of the molecule is COc1cccc(/C=C2/C(=O)NC(=O)N(c3ccccc3Cl)C2=O)c1. The lowest BCUT2D eigenvalue weighted by Gasteiger charge is -2.27. The number of halogens is 1. The predicted molar refractivity (Wildman–Crippen MR) is 93.4 cm³/mol. The monoisotopic (exact) mass is 356 g/mol. The number of anilines is 1. The van der Waals surface area contributed by atoms with Crippen molar-refractivity contribution in [3.8, 4) is 5.75 Å². The summed E-state index contributed by atoms with van der Waals surface area (Å²) in [6.07, 6.45) is 1.40. The average molecular weight is 357 g/mol. The Hall–Kier alpha value is -3.12. The van der Waals surface area contributed by atoms with Crippen LogP contribution in [0, 0.1) is 0 Å². The molecule has 0 spiro atoms. The minimum absolute atomic E-state index is 0.173. The molecule has 0 unspecified atom stereocenters. The minimum Gasteiger partial charge on any atom is -0.497 e. The summed E-state index contributed by atoms with van der Waals surface area (Å²) in [5.41, 5.74) is 0.620. The van der Waals surface area contributed by atoms with Crippen molar-refractivity contribution in [3.63, 3.8) is 0 Å². The molecule has 126 valence electrons. The molecule has 0 saturated carbocycles. The lowest BCUT2D eigenvalue weighted by atomic mass is 10.1. The number of carbonyl (C=O) groups is 3. The zero-order valence-corrected chi connectivity index (χ0v) is 13.9. The molecule has 0 bridgehead atoms. The van der Waals surface area contributed by atoms with E-state index in [0.29, 0.717) is 11.3 Å². The maximum atomic E-state index is 12.7. The first-order chi connectivity index (χ1) is 12.0. The summed E-state index contributed by atoms with van der Waals surface area (Å²) in [6.45, 7) is 0. The quantitative estimate of drug-likeness (QED) is 0.677. The van der Waals surface area contributed by atoms with Gasteiger partial charge in [0.1, 0.15) is 11.3 Å². The largest absolute Gasteiger partial charge is 0.497 e. The summed E-state index contributed by atoms with van der Waals surface area (Å²) >= 11 is 6.08. The molecule has 2 aromatic rings. The van der Waals surface area contributed by atoms with Crippen LogP contribution in [-0.4, -0.2) is 25.0 Å². The highest BCUT2D eigenvalue weighted by molar-refractivity contribution is 6.42. The first-order valence-electron chi connectivity index (χ1n) is 7.31. The molecule has 0 aromatic heterocycles. The number of urea groups is 1. The Morgan fingerprint density at radius 3 is 2.56 bits per heavy atom. The van der Waals surface area contributed by atoms with Crippen LogP contribution in [0.5, 0.6) is 5.75 Å². The number of nitrogens with zero attached hydrogens (tertiary/aromatic N) is 1. The van der Waals surface area contributed by atoms with E-state index in [1.807, 2.05) is 0 Å². The van der Waals surface area contributed by atoms with E-state index in [2.05, 4.69) is 5.32 Å². The number of rotatable bonds is 3. The van der Waals surface area contributed by atoms with Crippen molar-refractivity contribution in [2.24, 2.45) is 0 Å². The zero-order valence-electron chi connectivity index (χ0n) is 13.2. The lowest BCUT2D eigenvalue weighted by molar-refractivity contribution is -0.122. The molecule has 0 atom stereocenters. The molecule has 1 N–H and O–H groups in total. The third-order valence-electron chi connectivity index (χ3n) is 3.60. The summed E-state index contributed by atoms with van der Waals surface area (Å²) in [7, 11) is 1.52. The summed E-state index contributed by atoms with van der Waals surface area (Å²) in [5, 5.41) is 2.38. The van der Waals surface area contributed by atoms with Crippen molar-refractivity contribution in [2.75, 3.05) is 12.0 Å². The van der Waals surface area contributed by atoms with Crippen LogP contribution in [-0.2, 0) is 9.59 Å². The Labute approximate surface area is 148 Å². The molecular weight excluding hydrogens is 344 g/mol. The number of hydrogen-bond acceptors (Lipinski definition) is 4. The van der Waals surface area contributed by atoms with Gasteiger partial charge in [-0.2, -0.15) is 0 Å². The van der Waals surface area contributed by atoms with E-state index in [4.69, 9.17) is 16.3 Å². The first-order valence-corrected chi connectivity index (χ1v) is 7.69. The number of para-hydroxylation sites is 1. The highest BCUT2D eigenvalue weighted by atomic mass is 35.5. The van der Waals surface area contributed by atoms with Crippen LogP contribution in [0.2, 0.25) is 5.02 Å². The summed E-state index contributed by atoms with van der Waals surface area (Å²) < 4.78 is 5.12. The van der Waals surface area contributed by atoms with Crippen molar-refractivity contribution >= 4 is 41.2 Å². The fraction of sp³-hybridized carbons (Fsp3) is 0.0556. The van der Waals surface area contributed by atoms with E-state index < -0.39 is 17.8 Å². The topological polar surface area (TPSA) is 75.7 Å². The maximum absolute atomic E-state index is 12.7. The number of carbonyl (C=O) groups excluding carboxylic acids is 3. The van der Waals surface area contributed by atoms with Crippen LogP contribution in [0.15, 0.2) is 54.1 Å². The third-order valence-corrected chi connectivity index (χ3v) is 3.92. The van der Waals surface area contributed by atoms with Gasteiger partial charge < -0.3 is 4.74 Å². The molecular formula is C18H13ClN2O4. The van der Waals surface area contributed by atoms with Crippen LogP contribution >= 0.6 is 11.6 Å². The van der Waals surface area contributed by atoms with Crippen LogP contribution in [0.1, 0.15) is 5.56 Å². The molecule has 0 aliphatic carbocycles. The van der Waals surface area contributed by atoms with Gasteiger partial charge in [0, 0.05) is 0 Å². The Kier molecular flexibility index (Phi) is 4.54. The van der Waals surface area contributed by atoms with Gasteiger partial charge >= 0.3 is 6.03 Å². The molecule has 7 heteroatoms. The molecule has 25 heavy (non-hydrogen) atoms. The lowest BCUT2D eigenvalue weighted by Crippen LogP contribution is -2.54. The van der Waals surface area contributed by atoms with Crippen molar-refractivity contribution in [2.45, 2.75) is 0 Å². The van der Waals surface area contributed by atoms with Crippen LogP contribution < -0.4 is 15.0 Å². The molecule has 1 aliphatic rings. The number of barbiturate groups is 1. The van der Waals surface area contributed by atoms with E-state index in [1.165, 1.54) is 19.3 Å². The molecule has 0 radical (unpaired) electrons. The minimum atomic E-state index is -0.842. The summed E-state index contributed by atoms with van der Waals surface area (Å²) in [5.74, 6) is -0.928. The standard InChI is InChI=1S/C18H13ClN2O4/c1-25-12-6-4-5-11(9-12)10-13-16(22)20-18(24)21(17(13)23)15-8-3-2-7-14(15)19/h2-10H,1H3,(H,20,22,24)/b13-10-. The Balaban J connectivity index is 2.04. The van der Waals surface area contributed by atoms with Crippen LogP contribution in [0.3, 0.4) is 0 Å². The second-order valence-corrected chi connectivity index (χ2v) is 5.59. The van der Waals surface area contributed by atoms with Crippen molar-refractivity contribution < 1.29 is 19.1 Å². The molecule has 2 aromatic carbocycles. The number of imide groups is 2. The molecule has 3 rings (SSSR count). The molecule has 4 amide bonds. The van der Waals surface area contributed by atoms with E-state index in [9.17, 15) is 14.4 Å². The van der Waals surface area contributed by atoms with Gasteiger partial charge in [-0.1, -0.05) is 35.9 Å². The van der Waals surface area contributed by atoms with Gasteiger partial charge in [-0.05, 0) is 35.9 Å². The molecule has 1 fully saturated rings. The number of hydrogen-bond donors (Lipinski definition) is 1. The van der Waals surface area contributed by atoms with Crippen molar-refractivity contribution in [1.29, 1.82) is 0 Å². The Morgan fingerprint density at radius 1 is 1.08 bits per heavy atom. The van der Waals surface area contributed by atoms with Gasteiger partial charge in [0.25, 0.3) is 11.8 Å². The number of ether oxygens (including phenoxy) is 1. The van der Waals surface area contributed by atoms with Gasteiger partial charge in [0.15, 0.2) is 0 Å². The summed E-state index contributed by atoms with van der Waals surface area (Å²) in [4.78, 5) is 37.8. The van der Waals surface area contributed by atoms with Crippen molar-refractivity contribution in [3.05, 3.63) is 64.7 Å². The number of amides is 4. The Morgan fingerprint density at radius 2 is 1.84 bits per heavy atom. The highest BCUT2D eigenvalue weighted by Crippen LogP contribution is 2.29. The van der Waals surface area contributed by atoms with E-state index in [0.717, 1.165) is 4.90 Å². The van der Waals surface area contributed by atoms with Gasteiger partial charge in [-0.15, -0.1) is 0 Å². The van der Waals surface area contributed by atoms with Gasteiger partial charge in [0.05, 0.1) is 17.8 Å². The van der Waals surface area contributed by atoms with Crippen molar-refractivity contribution in [1.82, 2.24) is 5.32 Å². The van der Waals surface area contributed by atoms with Crippen LogP contribution in [0.4, 0.5) is 10.5 Å². The van der Waals surface area contributed by atoms with E-state index >= 15 is 0 Å². The van der Waals surface area contributed by atoms with Gasteiger partial charge in [-0.25, -0.2) is 9.69 Å². The second-order valence-electron chi connectivity index (χ2n) is 5.19. The average Bonchev–Trinajstić information content (AvgIpc) is 2.60. The smallest absolute Gasteiger partial charge is 0.335 e. The first kappa shape index (κ1) is 16.7. The van der Waals surface area contributed by atoms with Crippen LogP contribution in [0.25, 0.3) is 6.08 Å². The molecule has 1 heterocycles. The third kappa shape index (κ3) is 3.25. The Bertz CT molecular complexity index is 907. The number of nitrogens with one attached hydrogen (secondary N) is 1. The van der Waals surface area contributed by atoms with E-state index in [-0.39, 0.29) is 16.3 Å².